The third-order valence-corrected chi connectivity index (χ3v) is 4.06. The minimum Gasteiger partial charge on any atom is -0.462 e. The van der Waals surface area contributed by atoms with Gasteiger partial charge in [-0.05, 0) is 26.8 Å². The first-order valence-corrected chi connectivity index (χ1v) is 8.25. The fourth-order valence-electron chi connectivity index (χ4n) is 1.87. The van der Waals surface area contributed by atoms with Crippen LogP contribution in [0.2, 0.25) is 0 Å². The molecule has 0 saturated carbocycles. The van der Waals surface area contributed by atoms with Crippen molar-refractivity contribution in [2.75, 3.05) is 31.2 Å². The van der Waals surface area contributed by atoms with Gasteiger partial charge in [0.25, 0.3) is 0 Å². The van der Waals surface area contributed by atoms with E-state index in [1.807, 2.05) is 19.9 Å². The number of nitriles is 1. The average Bonchev–Trinajstić information content (AvgIpc) is 2.54. The number of thioether (sulfide) groups is 1. The van der Waals surface area contributed by atoms with Gasteiger partial charge in [-0.2, -0.15) is 5.26 Å². The minimum atomic E-state index is -0.621. The first kappa shape index (κ1) is 18.8. The second-order valence-electron chi connectivity index (χ2n) is 4.46. The molecule has 23 heavy (non-hydrogen) atoms. The predicted molar refractivity (Wildman–Crippen MR) is 88.0 cm³/mol. The zero-order chi connectivity index (χ0) is 17.4. The number of carbonyl (C=O) groups is 2. The van der Waals surface area contributed by atoms with Crippen LogP contribution >= 0.6 is 11.8 Å². The fraction of sp³-hybridized carbons (Fsp3) is 0.467. The standard InChI is InChI=1S/C15H20N4O3S/c1-4-19(5-2)12(20)9-23-14-10(8-16)7-11(13(17)18-14)15(21)22-6-3/h7H,4-6,9H2,1-3H3,(H2,17,18). The van der Waals surface area contributed by atoms with Gasteiger partial charge in [-0.3, -0.25) is 4.79 Å². The van der Waals surface area contributed by atoms with Crippen molar-refractivity contribution in [2.24, 2.45) is 0 Å². The van der Waals surface area contributed by atoms with E-state index >= 15 is 0 Å². The molecule has 1 aromatic heterocycles. The van der Waals surface area contributed by atoms with Gasteiger partial charge in [0.2, 0.25) is 5.91 Å². The van der Waals surface area contributed by atoms with Gasteiger partial charge in [0.15, 0.2) is 0 Å². The van der Waals surface area contributed by atoms with Gasteiger partial charge >= 0.3 is 5.97 Å². The number of esters is 1. The van der Waals surface area contributed by atoms with Crippen LogP contribution in [0.25, 0.3) is 0 Å². The highest BCUT2D eigenvalue weighted by atomic mass is 32.2. The Morgan fingerprint density at radius 2 is 2.04 bits per heavy atom. The van der Waals surface area contributed by atoms with Crippen molar-refractivity contribution in [2.45, 2.75) is 25.8 Å². The lowest BCUT2D eigenvalue weighted by atomic mass is 10.2. The smallest absolute Gasteiger partial charge is 0.341 e. The molecular formula is C15H20N4O3S. The van der Waals surface area contributed by atoms with Crippen molar-refractivity contribution < 1.29 is 14.3 Å². The number of carbonyl (C=O) groups excluding carboxylic acids is 2. The van der Waals surface area contributed by atoms with Crippen LogP contribution in [0, 0.1) is 11.3 Å². The summed E-state index contributed by atoms with van der Waals surface area (Å²) >= 11 is 1.13. The van der Waals surface area contributed by atoms with Crippen LogP contribution in [0.15, 0.2) is 11.1 Å². The van der Waals surface area contributed by atoms with Crippen LogP contribution in [-0.4, -0.2) is 47.2 Å². The molecule has 0 radical (unpaired) electrons. The van der Waals surface area contributed by atoms with Crippen LogP contribution < -0.4 is 5.73 Å². The van der Waals surface area contributed by atoms with Crippen molar-refractivity contribution in [3.05, 3.63) is 17.2 Å². The number of amides is 1. The molecular weight excluding hydrogens is 316 g/mol. The largest absolute Gasteiger partial charge is 0.462 e. The Hall–Kier alpha value is -2.27. The molecule has 1 rings (SSSR count). The summed E-state index contributed by atoms with van der Waals surface area (Å²) in [5.74, 6) is -0.523. The molecule has 0 aliphatic carbocycles. The zero-order valence-electron chi connectivity index (χ0n) is 13.5. The maximum absolute atomic E-state index is 12.0. The van der Waals surface area contributed by atoms with Crippen LogP contribution in [0.3, 0.4) is 0 Å². The third kappa shape index (κ3) is 4.86. The van der Waals surface area contributed by atoms with E-state index in [1.54, 1.807) is 11.8 Å². The highest BCUT2D eigenvalue weighted by Gasteiger charge is 2.18. The zero-order valence-corrected chi connectivity index (χ0v) is 14.3. The molecule has 2 N–H and O–H groups in total. The van der Waals surface area contributed by atoms with Crippen molar-refractivity contribution in [1.82, 2.24) is 9.88 Å². The van der Waals surface area contributed by atoms with Crippen LogP contribution in [0.5, 0.6) is 0 Å². The molecule has 0 fully saturated rings. The van der Waals surface area contributed by atoms with Crippen LogP contribution in [0.1, 0.15) is 36.7 Å². The fourth-order valence-corrected chi connectivity index (χ4v) is 2.74. The number of pyridine rings is 1. The highest BCUT2D eigenvalue weighted by Crippen LogP contribution is 2.25. The van der Waals surface area contributed by atoms with Gasteiger partial charge in [0.1, 0.15) is 22.5 Å². The van der Waals surface area contributed by atoms with E-state index in [0.717, 1.165) is 11.8 Å². The van der Waals surface area contributed by atoms with Crippen molar-refractivity contribution in [3.8, 4) is 6.07 Å². The van der Waals surface area contributed by atoms with Crippen LogP contribution in [-0.2, 0) is 9.53 Å². The molecule has 0 bridgehead atoms. The number of ether oxygens (including phenoxy) is 1. The SMILES string of the molecule is CCOC(=O)c1cc(C#N)c(SCC(=O)N(CC)CC)nc1N. The maximum atomic E-state index is 12.0. The number of nitrogens with two attached hydrogens (primary N) is 1. The van der Waals surface area contributed by atoms with Crippen molar-refractivity contribution in [1.29, 1.82) is 5.26 Å². The topological polar surface area (TPSA) is 109 Å². The first-order chi connectivity index (χ1) is 11.0. The molecule has 0 spiro atoms. The molecule has 0 aromatic carbocycles. The monoisotopic (exact) mass is 336 g/mol. The molecule has 124 valence electrons. The summed E-state index contributed by atoms with van der Waals surface area (Å²) in [5, 5.41) is 9.55. The number of aromatic nitrogens is 1. The van der Waals surface area contributed by atoms with E-state index < -0.39 is 5.97 Å². The summed E-state index contributed by atoms with van der Waals surface area (Å²) in [6.07, 6.45) is 0. The Labute approximate surface area is 139 Å². The number of nitrogen functional groups attached to an aromatic ring is 1. The molecule has 8 heteroatoms. The Kier molecular flexibility index (Phi) is 7.35. The molecule has 0 atom stereocenters. The van der Waals surface area contributed by atoms with Gasteiger partial charge in [0.05, 0.1) is 17.9 Å². The van der Waals surface area contributed by atoms with Gasteiger partial charge in [-0.15, -0.1) is 0 Å². The lowest BCUT2D eigenvalue weighted by Gasteiger charge is -2.18. The number of nitrogens with zero attached hydrogens (tertiary/aromatic N) is 3. The Bertz CT molecular complexity index is 624. The van der Waals surface area contributed by atoms with Gasteiger partial charge in [0, 0.05) is 13.1 Å². The molecule has 1 heterocycles. The van der Waals surface area contributed by atoms with Gasteiger partial charge in [-0.1, -0.05) is 11.8 Å². The summed E-state index contributed by atoms with van der Waals surface area (Å²) in [6, 6.07) is 3.32. The summed E-state index contributed by atoms with van der Waals surface area (Å²) in [7, 11) is 0. The molecule has 1 aromatic rings. The second-order valence-corrected chi connectivity index (χ2v) is 5.42. The number of hydrogen-bond acceptors (Lipinski definition) is 7. The van der Waals surface area contributed by atoms with E-state index in [9.17, 15) is 14.9 Å². The van der Waals surface area contributed by atoms with Crippen molar-refractivity contribution in [3.63, 3.8) is 0 Å². The first-order valence-electron chi connectivity index (χ1n) is 7.26. The Balaban J connectivity index is 2.96. The minimum absolute atomic E-state index is 0.0137. The third-order valence-electron chi connectivity index (χ3n) is 3.08. The molecule has 0 aliphatic rings. The number of rotatable bonds is 7. The van der Waals surface area contributed by atoms with Crippen LogP contribution in [0.4, 0.5) is 5.82 Å². The summed E-state index contributed by atoms with van der Waals surface area (Å²) in [4.78, 5) is 29.5. The van der Waals surface area contributed by atoms with Crippen molar-refractivity contribution >= 4 is 29.5 Å². The highest BCUT2D eigenvalue weighted by molar-refractivity contribution is 8.00. The normalized spacial score (nSPS) is 10.0. The lowest BCUT2D eigenvalue weighted by Crippen LogP contribution is -2.31. The molecule has 0 saturated heterocycles. The Morgan fingerprint density at radius 3 is 2.57 bits per heavy atom. The second kappa shape index (κ2) is 9.00. The number of hydrogen-bond donors (Lipinski definition) is 1. The summed E-state index contributed by atoms with van der Waals surface area (Å²) in [5.41, 5.74) is 6.02. The summed E-state index contributed by atoms with van der Waals surface area (Å²) in [6.45, 7) is 6.93. The summed E-state index contributed by atoms with van der Waals surface area (Å²) < 4.78 is 4.87. The number of anilines is 1. The maximum Gasteiger partial charge on any atom is 0.341 e. The van der Waals surface area contributed by atoms with E-state index in [1.165, 1.54) is 6.07 Å². The van der Waals surface area contributed by atoms with Gasteiger partial charge < -0.3 is 15.4 Å². The quantitative estimate of drug-likeness (QED) is 0.596. The van der Waals surface area contributed by atoms with E-state index in [-0.39, 0.29) is 35.2 Å². The Morgan fingerprint density at radius 1 is 1.39 bits per heavy atom. The lowest BCUT2D eigenvalue weighted by molar-refractivity contribution is -0.127. The van der Waals surface area contributed by atoms with E-state index in [4.69, 9.17) is 10.5 Å². The molecule has 1 amide bonds. The molecule has 0 aliphatic heterocycles. The molecule has 7 nitrogen and oxygen atoms in total. The molecule has 0 unspecified atom stereocenters. The average molecular weight is 336 g/mol. The van der Waals surface area contributed by atoms with E-state index in [0.29, 0.717) is 18.1 Å². The van der Waals surface area contributed by atoms with E-state index in [2.05, 4.69) is 4.98 Å². The predicted octanol–water partition coefficient (Wildman–Crippen LogP) is 1.67. The van der Waals surface area contributed by atoms with Gasteiger partial charge in [-0.25, -0.2) is 9.78 Å².